The van der Waals surface area contributed by atoms with Crippen molar-refractivity contribution in [1.82, 2.24) is 0 Å². The Balaban J connectivity index is 3.76. The van der Waals surface area contributed by atoms with Gasteiger partial charge in [0.05, 0.1) is 19.8 Å². The summed E-state index contributed by atoms with van der Waals surface area (Å²) >= 11 is 0. The summed E-state index contributed by atoms with van der Waals surface area (Å²) in [6.07, 6.45) is 2.31. The summed E-state index contributed by atoms with van der Waals surface area (Å²) in [6, 6.07) is 0. The van der Waals surface area contributed by atoms with E-state index in [2.05, 4.69) is 0 Å². The largest absolute Gasteiger partial charge is 0.396 e. The molecule has 0 saturated heterocycles. The third-order valence-corrected chi connectivity index (χ3v) is 2.17. The minimum Gasteiger partial charge on any atom is -0.396 e. The zero-order valence-electron chi connectivity index (χ0n) is 7.37. The lowest BCUT2D eigenvalue weighted by Crippen LogP contribution is -2.33. The molecular weight excluding hydrogens is 158 g/mol. The van der Waals surface area contributed by atoms with Crippen molar-refractivity contribution in [2.45, 2.75) is 19.3 Å². The molecule has 0 fully saturated rings. The van der Waals surface area contributed by atoms with Gasteiger partial charge in [-0.05, 0) is 19.4 Å². The maximum Gasteiger partial charge on any atom is 0.0531 e. The Morgan fingerprint density at radius 1 is 0.917 bits per heavy atom. The van der Waals surface area contributed by atoms with E-state index in [-0.39, 0.29) is 19.8 Å². The molecule has 0 aromatic heterocycles. The van der Waals surface area contributed by atoms with E-state index in [1.54, 1.807) is 0 Å². The van der Waals surface area contributed by atoms with Gasteiger partial charge in [0.25, 0.3) is 0 Å². The van der Waals surface area contributed by atoms with Crippen LogP contribution in [0.15, 0.2) is 0 Å². The Bertz CT molecular complexity index is 96.2. The van der Waals surface area contributed by atoms with E-state index < -0.39 is 5.41 Å². The van der Waals surface area contributed by atoms with Gasteiger partial charge in [-0.2, -0.15) is 0 Å². The molecule has 0 atom stereocenters. The standard InChI is InChI=1S/C8H19NO3/c9-4-2-1-3-8(5-10,6-11)7-12/h10-12H,1-7,9H2. The van der Waals surface area contributed by atoms with Crippen LogP contribution in [-0.4, -0.2) is 41.7 Å². The Morgan fingerprint density at radius 2 is 1.42 bits per heavy atom. The van der Waals surface area contributed by atoms with Gasteiger partial charge >= 0.3 is 0 Å². The molecule has 0 radical (unpaired) electrons. The average Bonchev–Trinajstić information content (AvgIpc) is 2.14. The first-order valence-corrected chi connectivity index (χ1v) is 4.27. The van der Waals surface area contributed by atoms with Crippen molar-refractivity contribution in [2.24, 2.45) is 11.1 Å². The molecule has 0 bridgehead atoms. The van der Waals surface area contributed by atoms with Gasteiger partial charge in [0.2, 0.25) is 0 Å². The van der Waals surface area contributed by atoms with E-state index in [9.17, 15) is 0 Å². The van der Waals surface area contributed by atoms with Gasteiger partial charge in [0.1, 0.15) is 0 Å². The van der Waals surface area contributed by atoms with Crippen LogP contribution in [0.5, 0.6) is 0 Å². The maximum absolute atomic E-state index is 8.92. The fourth-order valence-corrected chi connectivity index (χ4v) is 1.03. The van der Waals surface area contributed by atoms with Crippen molar-refractivity contribution in [3.8, 4) is 0 Å². The van der Waals surface area contributed by atoms with Crippen LogP contribution in [0.1, 0.15) is 19.3 Å². The smallest absolute Gasteiger partial charge is 0.0531 e. The van der Waals surface area contributed by atoms with E-state index in [1.807, 2.05) is 0 Å². The molecule has 5 N–H and O–H groups in total. The van der Waals surface area contributed by atoms with Crippen LogP contribution in [-0.2, 0) is 0 Å². The van der Waals surface area contributed by atoms with Crippen LogP contribution < -0.4 is 5.73 Å². The molecule has 0 aliphatic heterocycles. The van der Waals surface area contributed by atoms with Gasteiger partial charge in [-0.3, -0.25) is 0 Å². The summed E-state index contributed by atoms with van der Waals surface area (Å²) in [4.78, 5) is 0. The highest BCUT2D eigenvalue weighted by molar-refractivity contribution is 4.76. The molecule has 0 aliphatic rings. The summed E-state index contributed by atoms with van der Waals surface area (Å²) in [5, 5.41) is 26.8. The second-order valence-corrected chi connectivity index (χ2v) is 3.22. The zero-order valence-corrected chi connectivity index (χ0v) is 7.37. The van der Waals surface area contributed by atoms with Crippen LogP contribution in [0, 0.1) is 5.41 Å². The van der Waals surface area contributed by atoms with E-state index in [0.29, 0.717) is 13.0 Å². The van der Waals surface area contributed by atoms with Crippen molar-refractivity contribution >= 4 is 0 Å². The molecular formula is C8H19NO3. The van der Waals surface area contributed by atoms with Crippen molar-refractivity contribution < 1.29 is 15.3 Å². The van der Waals surface area contributed by atoms with E-state index >= 15 is 0 Å². The SMILES string of the molecule is NCCCCC(CO)(CO)CO. The number of hydrogen-bond donors (Lipinski definition) is 4. The van der Waals surface area contributed by atoms with E-state index in [0.717, 1.165) is 12.8 Å². The second-order valence-electron chi connectivity index (χ2n) is 3.22. The molecule has 0 spiro atoms. The van der Waals surface area contributed by atoms with Crippen LogP contribution in [0.2, 0.25) is 0 Å². The van der Waals surface area contributed by atoms with Crippen molar-refractivity contribution in [2.75, 3.05) is 26.4 Å². The van der Waals surface area contributed by atoms with Gasteiger partial charge in [-0.1, -0.05) is 6.42 Å². The Morgan fingerprint density at radius 3 is 1.75 bits per heavy atom. The maximum atomic E-state index is 8.92. The van der Waals surface area contributed by atoms with Crippen molar-refractivity contribution in [3.63, 3.8) is 0 Å². The minimum absolute atomic E-state index is 0.176. The molecule has 0 amide bonds. The number of aliphatic hydroxyl groups is 3. The van der Waals surface area contributed by atoms with Gasteiger partial charge in [0, 0.05) is 5.41 Å². The summed E-state index contributed by atoms with van der Waals surface area (Å²) in [5.41, 5.74) is 4.58. The third-order valence-electron chi connectivity index (χ3n) is 2.17. The highest BCUT2D eigenvalue weighted by Crippen LogP contribution is 2.22. The molecule has 0 heterocycles. The number of aliphatic hydroxyl groups excluding tert-OH is 3. The van der Waals surface area contributed by atoms with Crippen LogP contribution >= 0.6 is 0 Å². The van der Waals surface area contributed by atoms with Crippen LogP contribution in [0.25, 0.3) is 0 Å². The van der Waals surface area contributed by atoms with Crippen LogP contribution in [0.3, 0.4) is 0 Å². The molecule has 0 aromatic carbocycles. The summed E-state index contributed by atoms with van der Waals surface area (Å²) in [5.74, 6) is 0. The van der Waals surface area contributed by atoms with Gasteiger partial charge in [-0.25, -0.2) is 0 Å². The molecule has 0 saturated carbocycles. The van der Waals surface area contributed by atoms with Crippen LogP contribution in [0.4, 0.5) is 0 Å². The molecule has 4 nitrogen and oxygen atoms in total. The van der Waals surface area contributed by atoms with Gasteiger partial charge in [-0.15, -0.1) is 0 Å². The lowest BCUT2D eigenvalue weighted by molar-refractivity contribution is -0.00208. The molecule has 4 heteroatoms. The first-order chi connectivity index (χ1) is 5.74. The number of hydrogen-bond acceptors (Lipinski definition) is 4. The van der Waals surface area contributed by atoms with E-state index in [4.69, 9.17) is 21.1 Å². The molecule has 0 unspecified atom stereocenters. The molecule has 74 valence electrons. The summed E-state index contributed by atoms with van der Waals surface area (Å²) in [7, 11) is 0. The number of unbranched alkanes of at least 4 members (excludes halogenated alkanes) is 1. The zero-order chi connectivity index (χ0) is 9.45. The topological polar surface area (TPSA) is 86.7 Å². The quantitative estimate of drug-likeness (QED) is 0.379. The Hall–Kier alpha value is -0.160. The minimum atomic E-state index is -0.713. The lowest BCUT2D eigenvalue weighted by atomic mass is 9.85. The van der Waals surface area contributed by atoms with Gasteiger partial charge in [0.15, 0.2) is 0 Å². The first kappa shape index (κ1) is 11.8. The molecule has 12 heavy (non-hydrogen) atoms. The Kier molecular flexibility index (Phi) is 6.28. The monoisotopic (exact) mass is 177 g/mol. The Labute approximate surface area is 73.0 Å². The first-order valence-electron chi connectivity index (χ1n) is 4.27. The normalized spacial score (nSPS) is 12.0. The average molecular weight is 177 g/mol. The second kappa shape index (κ2) is 6.37. The number of nitrogens with two attached hydrogens (primary N) is 1. The predicted octanol–water partition coefficient (Wildman–Crippen LogP) is -0.921. The molecule has 0 aliphatic carbocycles. The predicted molar refractivity (Wildman–Crippen MR) is 46.6 cm³/mol. The third kappa shape index (κ3) is 3.49. The lowest BCUT2D eigenvalue weighted by Gasteiger charge is -2.26. The number of rotatable bonds is 7. The van der Waals surface area contributed by atoms with Gasteiger partial charge < -0.3 is 21.1 Å². The molecule has 0 rings (SSSR count). The van der Waals surface area contributed by atoms with E-state index in [1.165, 1.54) is 0 Å². The highest BCUT2D eigenvalue weighted by atomic mass is 16.3. The van der Waals surface area contributed by atoms with Crippen molar-refractivity contribution in [3.05, 3.63) is 0 Å². The highest BCUT2D eigenvalue weighted by Gasteiger charge is 2.26. The summed E-state index contributed by atoms with van der Waals surface area (Å²) < 4.78 is 0. The molecule has 0 aromatic rings. The fourth-order valence-electron chi connectivity index (χ4n) is 1.03. The fraction of sp³-hybridized carbons (Fsp3) is 1.00. The van der Waals surface area contributed by atoms with Crippen molar-refractivity contribution in [1.29, 1.82) is 0 Å². The summed E-state index contributed by atoms with van der Waals surface area (Å²) in [6.45, 7) is 0.0814.